The lowest BCUT2D eigenvalue weighted by Gasteiger charge is -2.27. The topological polar surface area (TPSA) is 68.8 Å². The molecule has 0 aliphatic carbocycles. The molecule has 1 unspecified atom stereocenters. The second-order valence-corrected chi connectivity index (χ2v) is 8.82. The van der Waals surface area contributed by atoms with Crippen LogP contribution in [0.4, 0.5) is 5.69 Å². The lowest BCUT2D eigenvalue weighted by Crippen LogP contribution is -2.43. The van der Waals surface area contributed by atoms with E-state index < -0.39 is 0 Å². The number of rotatable bonds is 8. The Bertz CT molecular complexity index is 856. The standard InChI is InChI=1S/C22H30ClN5OS.HI/c1-16-7-8-18(17(23)14-16)27-21(29)9-10-25-22(24-2)26-15-19(20-6-5-13-30-20)28-11-3-4-12-28;/h5-8,13-14,19H,3-4,9-12,15H2,1-2H3,(H,27,29)(H2,24,25,26);1H. The summed E-state index contributed by atoms with van der Waals surface area (Å²) in [5.74, 6) is 0.620. The highest BCUT2D eigenvalue weighted by atomic mass is 127. The minimum atomic E-state index is -0.0859. The minimum absolute atomic E-state index is 0. The van der Waals surface area contributed by atoms with Crippen molar-refractivity contribution in [1.29, 1.82) is 0 Å². The van der Waals surface area contributed by atoms with Gasteiger partial charge in [-0.15, -0.1) is 35.3 Å². The molecule has 2 heterocycles. The summed E-state index contributed by atoms with van der Waals surface area (Å²) >= 11 is 7.98. The van der Waals surface area contributed by atoms with Crippen LogP contribution in [0.5, 0.6) is 0 Å². The van der Waals surface area contributed by atoms with E-state index in [1.54, 1.807) is 18.4 Å². The van der Waals surface area contributed by atoms with Gasteiger partial charge in [-0.25, -0.2) is 0 Å². The van der Waals surface area contributed by atoms with Gasteiger partial charge in [0.2, 0.25) is 5.91 Å². The number of carbonyl (C=O) groups is 1. The van der Waals surface area contributed by atoms with Crippen LogP contribution in [0.1, 0.15) is 35.7 Å². The second-order valence-electron chi connectivity index (χ2n) is 7.44. The molecule has 1 fully saturated rings. The van der Waals surface area contributed by atoms with E-state index in [1.165, 1.54) is 17.7 Å². The number of nitrogens with zero attached hydrogens (tertiary/aromatic N) is 2. The Labute approximate surface area is 210 Å². The molecule has 1 amide bonds. The zero-order chi connectivity index (χ0) is 21.3. The molecule has 9 heteroatoms. The summed E-state index contributed by atoms with van der Waals surface area (Å²) in [4.78, 5) is 20.4. The zero-order valence-electron chi connectivity index (χ0n) is 18.0. The van der Waals surface area contributed by atoms with Gasteiger partial charge in [-0.3, -0.25) is 14.7 Å². The third kappa shape index (κ3) is 7.93. The van der Waals surface area contributed by atoms with Crippen LogP contribution in [0.2, 0.25) is 5.02 Å². The van der Waals surface area contributed by atoms with Gasteiger partial charge in [0.05, 0.1) is 16.8 Å². The Balaban J connectivity index is 0.00000341. The van der Waals surface area contributed by atoms with Crippen molar-refractivity contribution in [3.8, 4) is 0 Å². The summed E-state index contributed by atoms with van der Waals surface area (Å²) in [6.07, 6.45) is 2.84. The molecule has 0 saturated carbocycles. The number of thiophene rings is 1. The average Bonchev–Trinajstić information content (AvgIpc) is 3.44. The van der Waals surface area contributed by atoms with Crippen LogP contribution in [0, 0.1) is 6.92 Å². The third-order valence-electron chi connectivity index (χ3n) is 5.18. The van der Waals surface area contributed by atoms with Crippen LogP contribution < -0.4 is 16.0 Å². The number of hydrogen-bond donors (Lipinski definition) is 3. The quantitative estimate of drug-likeness (QED) is 0.243. The highest BCUT2D eigenvalue weighted by Gasteiger charge is 2.24. The number of halogens is 2. The van der Waals surface area contributed by atoms with Crippen molar-refractivity contribution >= 4 is 64.5 Å². The minimum Gasteiger partial charge on any atom is -0.356 e. The molecular formula is C22H31ClIN5OS. The van der Waals surface area contributed by atoms with E-state index in [4.69, 9.17) is 11.6 Å². The van der Waals surface area contributed by atoms with E-state index in [9.17, 15) is 4.79 Å². The molecule has 0 spiro atoms. The molecule has 3 N–H and O–H groups in total. The molecule has 1 atom stereocenters. The highest BCUT2D eigenvalue weighted by Crippen LogP contribution is 2.27. The molecule has 170 valence electrons. The summed E-state index contributed by atoms with van der Waals surface area (Å²) in [6.45, 7) is 5.51. The number of hydrogen-bond acceptors (Lipinski definition) is 4. The lowest BCUT2D eigenvalue weighted by atomic mass is 10.2. The smallest absolute Gasteiger partial charge is 0.226 e. The maximum absolute atomic E-state index is 12.2. The zero-order valence-corrected chi connectivity index (χ0v) is 21.9. The van der Waals surface area contributed by atoms with Crippen molar-refractivity contribution in [2.24, 2.45) is 4.99 Å². The van der Waals surface area contributed by atoms with Gasteiger partial charge in [-0.05, 0) is 62.0 Å². The number of aliphatic imine (C=N–C) groups is 1. The van der Waals surface area contributed by atoms with Crippen LogP contribution in [-0.2, 0) is 4.79 Å². The highest BCUT2D eigenvalue weighted by molar-refractivity contribution is 14.0. The first-order valence-corrected chi connectivity index (χ1v) is 11.6. The van der Waals surface area contributed by atoms with Gasteiger partial charge >= 0.3 is 0 Å². The van der Waals surface area contributed by atoms with Crippen molar-refractivity contribution in [1.82, 2.24) is 15.5 Å². The van der Waals surface area contributed by atoms with Crippen LogP contribution in [-0.4, -0.2) is 50.0 Å². The van der Waals surface area contributed by atoms with Gasteiger partial charge in [0.1, 0.15) is 0 Å². The molecule has 1 aliphatic rings. The molecule has 1 aliphatic heterocycles. The fraction of sp³-hybridized carbons (Fsp3) is 0.455. The molecule has 1 aromatic heterocycles. The summed E-state index contributed by atoms with van der Waals surface area (Å²) in [7, 11) is 1.75. The second kappa shape index (κ2) is 13.2. The molecule has 6 nitrogen and oxygen atoms in total. The van der Waals surface area contributed by atoms with Crippen molar-refractivity contribution < 1.29 is 4.79 Å². The number of benzene rings is 1. The van der Waals surface area contributed by atoms with Crippen molar-refractivity contribution in [3.63, 3.8) is 0 Å². The van der Waals surface area contributed by atoms with Gasteiger partial charge in [-0.2, -0.15) is 0 Å². The molecular weight excluding hydrogens is 545 g/mol. The Hall–Kier alpha value is -1.36. The van der Waals surface area contributed by atoms with Gasteiger partial charge in [-0.1, -0.05) is 23.7 Å². The molecule has 3 rings (SSSR count). The summed E-state index contributed by atoms with van der Waals surface area (Å²) < 4.78 is 0. The first-order valence-electron chi connectivity index (χ1n) is 10.3. The predicted molar refractivity (Wildman–Crippen MR) is 142 cm³/mol. The van der Waals surface area contributed by atoms with Crippen LogP contribution in [0.3, 0.4) is 0 Å². The van der Waals surface area contributed by atoms with Gasteiger partial charge in [0.25, 0.3) is 0 Å². The fourth-order valence-corrected chi connectivity index (χ4v) is 4.73. The van der Waals surface area contributed by atoms with Crippen molar-refractivity contribution in [3.05, 3.63) is 51.2 Å². The van der Waals surface area contributed by atoms with E-state index in [-0.39, 0.29) is 29.9 Å². The fourth-order valence-electron chi connectivity index (χ4n) is 3.59. The van der Waals surface area contributed by atoms with E-state index in [0.717, 1.165) is 25.2 Å². The summed E-state index contributed by atoms with van der Waals surface area (Å²) in [5, 5.41) is 12.2. The largest absolute Gasteiger partial charge is 0.356 e. The van der Waals surface area contributed by atoms with Gasteiger partial charge in [0, 0.05) is 31.4 Å². The number of nitrogens with one attached hydrogen (secondary N) is 3. The predicted octanol–water partition coefficient (Wildman–Crippen LogP) is 4.66. The van der Waals surface area contributed by atoms with E-state index >= 15 is 0 Å². The van der Waals surface area contributed by atoms with Gasteiger partial charge in [0.15, 0.2) is 5.96 Å². The molecule has 0 bridgehead atoms. The number of anilines is 1. The third-order valence-corrected chi connectivity index (χ3v) is 6.47. The first kappa shape index (κ1) is 25.9. The normalized spacial score (nSPS) is 15.3. The molecule has 0 radical (unpaired) electrons. The van der Waals surface area contributed by atoms with E-state index in [0.29, 0.717) is 35.7 Å². The Morgan fingerprint density at radius 1 is 1.26 bits per heavy atom. The maximum atomic E-state index is 12.2. The lowest BCUT2D eigenvalue weighted by molar-refractivity contribution is -0.116. The molecule has 31 heavy (non-hydrogen) atoms. The SMILES string of the molecule is CN=C(NCCC(=O)Nc1ccc(C)cc1Cl)NCC(c1cccs1)N1CCCC1.I. The van der Waals surface area contributed by atoms with Crippen LogP contribution >= 0.6 is 46.9 Å². The first-order chi connectivity index (χ1) is 14.6. The molecule has 1 saturated heterocycles. The number of carbonyl (C=O) groups excluding carboxylic acids is 1. The van der Waals surface area contributed by atoms with Gasteiger partial charge < -0.3 is 16.0 Å². The van der Waals surface area contributed by atoms with E-state index in [2.05, 4.69) is 43.4 Å². The Morgan fingerprint density at radius 2 is 2.03 bits per heavy atom. The average molecular weight is 576 g/mol. The van der Waals surface area contributed by atoms with E-state index in [1.807, 2.05) is 25.1 Å². The Morgan fingerprint density at radius 3 is 2.68 bits per heavy atom. The Kier molecular flexibility index (Phi) is 11.1. The number of likely N-dealkylation sites (tertiary alicyclic amines) is 1. The van der Waals surface area contributed by atoms with Crippen molar-refractivity contribution in [2.45, 2.75) is 32.2 Å². The number of aryl methyl sites for hydroxylation is 1. The summed E-state index contributed by atoms with van der Waals surface area (Å²) in [5.41, 5.74) is 1.70. The molecule has 2 aromatic rings. The van der Waals surface area contributed by atoms with Crippen LogP contribution in [0.15, 0.2) is 40.7 Å². The monoisotopic (exact) mass is 575 g/mol. The maximum Gasteiger partial charge on any atom is 0.226 e. The summed E-state index contributed by atoms with van der Waals surface area (Å²) in [6, 6.07) is 10.2. The van der Waals surface area contributed by atoms with Crippen molar-refractivity contribution in [2.75, 3.05) is 38.5 Å². The number of guanidine groups is 1. The van der Waals surface area contributed by atoms with Crippen LogP contribution in [0.25, 0.3) is 0 Å². The number of amides is 1. The molecule has 1 aromatic carbocycles.